The molecule has 2 N–H and O–H groups in total. The number of ether oxygens (including phenoxy) is 2. The third kappa shape index (κ3) is 2.66. The quantitative estimate of drug-likeness (QED) is 0.824. The highest BCUT2D eigenvalue weighted by Gasteiger charge is 2.01. The van der Waals surface area contributed by atoms with Crippen LogP contribution in [0, 0.1) is 6.92 Å². The molecule has 1 aromatic carbocycles. The zero-order valence-corrected chi connectivity index (χ0v) is 9.81. The summed E-state index contributed by atoms with van der Waals surface area (Å²) in [5.74, 6) is 1.94. The van der Waals surface area contributed by atoms with Gasteiger partial charge in [-0.2, -0.15) is 0 Å². The zero-order valence-electron chi connectivity index (χ0n) is 9.81. The van der Waals surface area contributed by atoms with Gasteiger partial charge in [-0.1, -0.05) is 0 Å². The van der Waals surface area contributed by atoms with E-state index in [4.69, 9.17) is 15.2 Å². The minimum atomic E-state index is 0.523. The fraction of sp³-hybridized carbons (Fsp3) is 0.154. The van der Waals surface area contributed by atoms with E-state index in [0.29, 0.717) is 11.6 Å². The largest absolute Gasteiger partial charge is 0.495 e. The predicted octanol–water partition coefficient (Wildman–Crippen LogP) is 2.77. The van der Waals surface area contributed by atoms with Gasteiger partial charge in [0.2, 0.25) is 5.88 Å². The van der Waals surface area contributed by atoms with Crippen LogP contribution in [0.4, 0.5) is 5.69 Å². The number of aryl methyl sites for hydroxylation is 1. The van der Waals surface area contributed by atoms with Crippen molar-refractivity contribution in [3.05, 3.63) is 42.1 Å². The van der Waals surface area contributed by atoms with E-state index in [9.17, 15) is 0 Å². The summed E-state index contributed by atoms with van der Waals surface area (Å²) in [6.07, 6.45) is 1.61. The van der Waals surface area contributed by atoms with Crippen molar-refractivity contribution in [2.24, 2.45) is 0 Å². The van der Waals surface area contributed by atoms with Gasteiger partial charge in [0.25, 0.3) is 0 Å². The van der Waals surface area contributed by atoms with E-state index < -0.39 is 0 Å². The van der Waals surface area contributed by atoms with Gasteiger partial charge in [-0.3, -0.25) is 0 Å². The number of rotatable bonds is 3. The molecule has 4 nitrogen and oxygen atoms in total. The minimum absolute atomic E-state index is 0.523. The summed E-state index contributed by atoms with van der Waals surface area (Å²) >= 11 is 0. The van der Waals surface area contributed by atoms with Gasteiger partial charge in [0.15, 0.2) is 0 Å². The Labute approximate surface area is 100 Å². The third-order valence-electron chi connectivity index (χ3n) is 2.41. The number of pyridine rings is 1. The molecule has 0 amide bonds. The van der Waals surface area contributed by atoms with Crippen LogP contribution in [-0.2, 0) is 0 Å². The van der Waals surface area contributed by atoms with Gasteiger partial charge < -0.3 is 15.2 Å². The van der Waals surface area contributed by atoms with Crippen molar-refractivity contribution in [1.29, 1.82) is 0 Å². The first-order valence-corrected chi connectivity index (χ1v) is 5.23. The fourth-order valence-electron chi connectivity index (χ4n) is 1.38. The maximum absolute atomic E-state index is 5.73. The lowest BCUT2D eigenvalue weighted by Gasteiger charge is -2.07. The summed E-state index contributed by atoms with van der Waals surface area (Å²) in [6, 6.07) is 9.06. The van der Waals surface area contributed by atoms with Crippen LogP contribution >= 0.6 is 0 Å². The number of anilines is 1. The van der Waals surface area contributed by atoms with Crippen LogP contribution in [0.2, 0.25) is 0 Å². The van der Waals surface area contributed by atoms with Crippen LogP contribution in [-0.4, -0.2) is 12.1 Å². The van der Waals surface area contributed by atoms with Crippen LogP contribution in [0.15, 0.2) is 36.5 Å². The van der Waals surface area contributed by atoms with E-state index in [2.05, 4.69) is 4.98 Å². The lowest BCUT2D eigenvalue weighted by Crippen LogP contribution is -1.92. The zero-order chi connectivity index (χ0) is 12.3. The first-order chi connectivity index (χ1) is 8.19. The molecule has 1 aromatic heterocycles. The van der Waals surface area contributed by atoms with E-state index in [0.717, 1.165) is 17.0 Å². The average molecular weight is 230 g/mol. The Kier molecular flexibility index (Phi) is 3.14. The molecule has 0 fully saturated rings. The summed E-state index contributed by atoms with van der Waals surface area (Å²) in [6.45, 7) is 1.93. The Morgan fingerprint density at radius 3 is 2.47 bits per heavy atom. The maximum atomic E-state index is 5.73. The molecule has 0 aliphatic carbocycles. The number of nitrogens with two attached hydrogens (primary N) is 1. The number of nitrogen functional groups attached to an aromatic ring is 1. The summed E-state index contributed by atoms with van der Waals surface area (Å²) in [5, 5.41) is 0. The van der Waals surface area contributed by atoms with Crippen molar-refractivity contribution in [3.8, 4) is 17.4 Å². The molecule has 0 radical (unpaired) electrons. The molecule has 4 heteroatoms. The second kappa shape index (κ2) is 4.74. The number of nitrogens with zero attached hydrogens (tertiary/aromatic N) is 1. The SMILES string of the molecule is COc1ccc(Oc2ccc(N)c(C)c2)nc1. The fourth-order valence-corrected chi connectivity index (χ4v) is 1.38. The summed E-state index contributed by atoms with van der Waals surface area (Å²) < 4.78 is 10.6. The number of hydrogen-bond acceptors (Lipinski definition) is 4. The minimum Gasteiger partial charge on any atom is -0.495 e. The van der Waals surface area contributed by atoms with E-state index in [-0.39, 0.29) is 0 Å². The van der Waals surface area contributed by atoms with Crippen molar-refractivity contribution in [3.63, 3.8) is 0 Å². The lowest BCUT2D eigenvalue weighted by molar-refractivity contribution is 0.407. The molecule has 0 atom stereocenters. The molecule has 0 saturated carbocycles. The summed E-state index contributed by atoms with van der Waals surface area (Å²) in [5.41, 5.74) is 7.46. The second-order valence-corrected chi connectivity index (χ2v) is 3.66. The van der Waals surface area contributed by atoms with Gasteiger partial charge in [0.1, 0.15) is 11.5 Å². The smallest absolute Gasteiger partial charge is 0.219 e. The molecule has 17 heavy (non-hydrogen) atoms. The highest BCUT2D eigenvalue weighted by Crippen LogP contribution is 2.24. The second-order valence-electron chi connectivity index (χ2n) is 3.66. The molecule has 2 aromatic rings. The van der Waals surface area contributed by atoms with Gasteiger partial charge in [0.05, 0.1) is 13.3 Å². The highest BCUT2D eigenvalue weighted by molar-refractivity contribution is 5.50. The third-order valence-corrected chi connectivity index (χ3v) is 2.41. The number of methoxy groups -OCH3 is 1. The van der Waals surface area contributed by atoms with Gasteiger partial charge in [-0.05, 0) is 36.8 Å². The topological polar surface area (TPSA) is 57.4 Å². The van der Waals surface area contributed by atoms with E-state index >= 15 is 0 Å². The standard InChI is InChI=1S/C13H14N2O2/c1-9-7-10(3-5-12(9)14)17-13-6-4-11(16-2)8-15-13/h3-8H,14H2,1-2H3. The number of benzene rings is 1. The van der Waals surface area contributed by atoms with Crippen LogP contribution in [0.25, 0.3) is 0 Å². The normalized spacial score (nSPS) is 10.0. The van der Waals surface area contributed by atoms with Gasteiger partial charge in [0, 0.05) is 11.8 Å². The molecule has 0 aliphatic heterocycles. The Morgan fingerprint density at radius 2 is 1.88 bits per heavy atom. The molecule has 0 spiro atoms. The molecular formula is C13H14N2O2. The van der Waals surface area contributed by atoms with Crippen LogP contribution < -0.4 is 15.2 Å². The van der Waals surface area contributed by atoms with E-state index in [1.54, 1.807) is 25.4 Å². The van der Waals surface area contributed by atoms with Crippen molar-refractivity contribution in [2.45, 2.75) is 6.92 Å². The first-order valence-electron chi connectivity index (χ1n) is 5.23. The van der Waals surface area contributed by atoms with Crippen molar-refractivity contribution >= 4 is 5.69 Å². The van der Waals surface area contributed by atoms with Crippen LogP contribution in [0.1, 0.15) is 5.56 Å². The molecule has 0 unspecified atom stereocenters. The average Bonchev–Trinajstić information content (AvgIpc) is 2.35. The van der Waals surface area contributed by atoms with E-state index in [1.165, 1.54) is 0 Å². The highest BCUT2D eigenvalue weighted by atomic mass is 16.5. The summed E-state index contributed by atoms with van der Waals surface area (Å²) in [7, 11) is 1.60. The molecule has 2 rings (SSSR count). The number of aromatic nitrogens is 1. The maximum Gasteiger partial charge on any atom is 0.219 e. The van der Waals surface area contributed by atoms with Crippen molar-refractivity contribution in [1.82, 2.24) is 4.98 Å². The number of hydrogen-bond donors (Lipinski definition) is 1. The van der Waals surface area contributed by atoms with Crippen molar-refractivity contribution < 1.29 is 9.47 Å². The molecule has 88 valence electrons. The Balaban J connectivity index is 2.16. The van der Waals surface area contributed by atoms with Gasteiger partial charge >= 0.3 is 0 Å². The van der Waals surface area contributed by atoms with E-state index in [1.807, 2.05) is 25.1 Å². The van der Waals surface area contributed by atoms with Gasteiger partial charge in [-0.25, -0.2) is 4.98 Å². The molecular weight excluding hydrogens is 216 g/mol. The Bertz CT molecular complexity index is 509. The molecule has 0 saturated heterocycles. The van der Waals surface area contributed by atoms with Crippen LogP contribution in [0.3, 0.4) is 0 Å². The Morgan fingerprint density at radius 1 is 1.12 bits per heavy atom. The molecule has 1 heterocycles. The summed E-state index contributed by atoms with van der Waals surface area (Å²) in [4.78, 5) is 4.12. The van der Waals surface area contributed by atoms with Gasteiger partial charge in [-0.15, -0.1) is 0 Å². The molecule has 0 aliphatic rings. The predicted molar refractivity (Wildman–Crippen MR) is 66.5 cm³/mol. The lowest BCUT2D eigenvalue weighted by atomic mass is 10.2. The van der Waals surface area contributed by atoms with Crippen LogP contribution in [0.5, 0.6) is 17.4 Å². The molecule has 0 bridgehead atoms. The van der Waals surface area contributed by atoms with Crippen molar-refractivity contribution in [2.75, 3.05) is 12.8 Å². The Hall–Kier alpha value is -2.23. The monoisotopic (exact) mass is 230 g/mol. The first kappa shape index (κ1) is 11.3.